The molecule has 0 atom stereocenters. The highest BCUT2D eigenvalue weighted by atomic mass is 79.9. The number of aromatic nitrogens is 1. The number of amides is 2. The van der Waals surface area contributed by atoms with E-state index in [1.165, 1.54) is 32.0 Å². The molecular formula is C21H18BrN5O6. The zero-order valence-electron chi connectivity index (χ0n) is 17.4. The van der Waals surface area contributed by atoms with Gasteiger partial charge in [0.15, 0.2) is 0 Å². The Morgan fingerprint density at radius 1 is 0.848 bits per heavy atom. The minimum atomic E-state index is -0.546. The zero-order chi connectivity index (χ0) is 24.5. The van der Waals surface area contributed by atoms with Crippen LogP contribution in [0.15, 0.2) is 65.4 Å². The number of carbonyl (C=O) groups excluding carboxylic acids is 2. The molecule has 0 aliphatic carbocycles. The maximum atomic E-state index is 11.2. The molecule has 0 fully saturated rings. The zero-order valence-corrected chi connectivity index (χ0v) is 19.0. The van der Waals surface area contributed by atoms with Crippen molar-refractivity contribution in [1.29, 1.82) is 0 Å². The molecule has 2 aromatic carbocycles. The number of rotatable bonds is 5. The molecule has 0 unspecified atom stereocenters. The summed E-state index contributed by atoms with van der Waals surface area (Å²) in [6, 6.07) is 12.6. The summed E-state index contributed by atoms with van der Waals surface area (Å²) in [7, 11) is 0. The molecule has 170 valence electrons. The van der Waals surface area contributed by atoms with Crippen LogP contribution in [-0.4, -0.2) is 26.6 Å². The first kappa shape index (κ1) is 25.1. The second kappa shape index (κ2) is 11.4. The molecule has 12 heteroatoms. The van der Waals surface area contributed by atoms with Gasteiger partial charge in [0.25, 0.3) is 11.4 Å². The van der Waals surface area contributed by atoms with Gasteiger partial charge in [0, 0.05) is 54.0 Å². The molecule has 1 heterocycles. The summed E-state index contributed by atoms with van der Waals surface area (Å²) in [5.41, 5.74) is 1.37. The van der Waals surface area contributed by atoms with E-state index in [2.05, 4.69) is 31.5 Å². The Morgan fingerprint density at radius 2 is 1.39 bits per heavy atom. The van der Waals surface area contributed by atoms with Gasteiger partial charge in [0.05, 0.1) is 9.85 Å². The highest BCUT2D eigenvalue weighted by molar-refractivity contribution is 9.10. The van der Waals surface area contributed by atoms with Gasteiger partial charge in [-0.25, -0.2) is 0 Å². The van der Waals surface area contributed by atoms with Gasteiger partial charge in [-0.05, 0) is 28.1 Å². The van der Waals surface area contributed by atoms with Gasteiger partial charge in [0.2, 0.25) is 11.8 Å². The van der Waals surface area contributed by atoms with E-state index >= 15 is 0 Å². The van der Waals surface area contributed by atoms with Crippen molar-refractivity contribution < 1.29 is 19.4 Å². The van der Waals surface area contributed by atoms with Crippen molar-refractivity contribution in [2.24, 2.45) is 0 Å². The Kier molecular flexibility index (Phi) is 8.69. The predicted octanol–water partition coefficient (Wildman–Crippen LogP) is 4.93. The molecule has 2 N–H and O–H groups in total. The highest BCUT2D eigenvalue weighted by Crippen LogP contribution is 2.35. The molecule has 0 saturated heterocycles. The minimum absolute atomic E-state index is 0.130. The number of nitro groups is 2. The number of halogens is 1. The lowest BCUT2D eigenvalue weighted by molar-refractivity contribution is -0.384. The monoisotopic (exact) mass is 515 g/mol. The van der Waals surface area contributed by atoms with Crippen LogP contribution in [0, 0.1) is 20.2 Å². The molecule has 0 bridgehead atoms. The van der Waals surface area contributed by atoms with Crippen molar-refractivity contribution in [3.63, 3.8) is 0 Å². The number of hydrogen-bond acceptors (Lipinski definition) is 7. The summed E-state index contributed by atoms with van der Waals surface area (Å²) in [4.78, 5) is 46.5. The highest BCUT2D eigenvalue weighted by Gasteiger charge is 2.19. The van der Waals surface area contributed by atoms with Gasteiger partial charge in [-0.3, -0.25) is 34.8 Å². The van der Waals surface area contributed by atoms with Crippen molar-refractivity contribution in [2.45, 2.75) is 13.8 Å². The van der Waals surface area contributed by atoms with E-state index in [0.717, 1.165) is 0 Å². The maximum absolute atomic E-state index is 11.2. The van der Waals surface area contributed by atoms with Crippen LogP contribution in [0.3, 0.4) is 0 Å². The molecule has 0 aliphatic heterocycles. The predicted molar refractivity (Wildman–Crippen MR) is 126 cm³/mol. The van der Waals surface area contributed by atoms with Crippen LogP contribution in [0.4, 0.5) is 22.7 Å². The lowest BCUT2D eigenvalue weighted by atomic mass is 10.0. The molecule has 0 spiro atoms. The van der Waals surface area contributed by atoms with Crippen molar-refractivity contribution in [3.8, 4) is 11.1 Å². The number of hydrogen-bond donors (Lipinski definition) is 2. The average Bonchev–Trinajstić information content (AvgIpc) is 2.75. The van der Waals surface area contributed by atoms with Crippen LogP contribution in [0.5, 0.6) is 0 Å². The SMILES string of the molecule is CC(=O)Nc1c(-c2cccnc2)cccc1[N+](=O)[O-].CC(=O)Nc1c(Br)cccc1[N+](=O)[O-]. The van der Waals surface area contributed by atoms with Crippen molar-refractivity contribution >= 4 is 50.5 Å². The third-order valence-corrected chi connectivity index (χ3v) is 4.66. The number of nitrogens with one attached hydrogen (secondary N) is 2. The number of nitrogens with zero attached hydrogens (tertiary/aromatic N) is 3. The van der Waals surface area contributed by atoms with Gasteiger partial charge in [-0.15, -0.1) is 0 Å². The molecule has 3 rings (SSSR count). The fourth-order valence-corrected chi connectivity index (χ4v) is 3.18. The summed E-state index contributed by atoms with van der Waals surface area (Å²) < 4.78 is 0.488. The number of carbonyl (C=O) groups is 2. The molecule has 33 heavy (non-hydrogen) atoms. The molecule has 0 saturated carbocycles. The van der Waals surface area contributed by atoms with E-state index in [1.807, 2.05) is 0 Å². The molecule has 1 aromatic heterocycles. The first-order chi connectivity index (χ1) is 15.6. The Labute approximate surface area is 196 Å². The van der Waals surface area contributed by atoms with E-state index in [9.17, 15) is 29.8 Å². The van der Waals surface area contributed by atoms with Crippen LogP contribution in [-0.2, 0) is 9.59 Å². The van der Waals surface area contributed by atoms with E-state index in [4.69, 9.17) is 0 Å². The minimum Gasteiger partial charge on any atom is -0.320 e. The summed E-state index contributed by atoms with van der Waals surface area (Å²) in [5, 5.41) is 26.5. The topological polar surface area (TPSA) is 157 Å². The van der Waals surface area contributed by atoms with Crippen LogP contribution in [0.2, 0.25) is 0 Å². The number of pyridine rings is 1. The largest absolute Gasteiger partial charge is 0.320 e. The summed E-state index contributed by atoms with van der Waals surface area (Å²) in [6.07, 6.45) is 3.20. The van der Waals surface area contributed by atoms with Crippen molar-refractivity contribution in [3.05, 3.63) is 85.6 Å². The Hall–Kier alpha value is -4.19. The summed E-state index contributed by atoms with van der Waals surface area (Å²) in [5.74, 6) is -0.709. The van der Waals surface area contributed by atoms with Crippen LogP contribution >= 0.6 is 15.9 Å². The van der Waals surface area contributed by atoms with Gasteiger partial charge >= 0.3 is 0 Å². The molecule has 2 amide bonds. The van der Waals surface area contributed by atoms with Crippen LogP contribution in [0.25, 0.3) is 11.1 Å². The van der Waals surface area contributed by atoms with Gasteiger partial charge < -0.3 is 10.6 Å². The average molecular weight is 516 g/mol. The van der Waals surface area contributed by atoms with Crippen LogP contribution < -0.4 is 10.6 Å². The lowest BCUT2D eigenvalue weighted by Crippen LogP contribution is -2.09. The smallest absolute Gasteiger partial charge is 0.293 e. The number of benzene rings is 2. The first-order valence-corrected chi connectivity index (χ1v) is 10.1. The second-order valence-corrected chi connectivity index (χ2v) is 7.31. The van der Waals surface area contributed by atoms with Crippen LogP contribution in [0.1, 0.15) is 13.8 Å². The number of nitro benzene ring substituents is 2. The lowest BCUT2D eigenvalue weighted by Gasteiger charge is -2.10. The summed E-state index contributed by atoms with van der Waals surface area (Å²) >= 11 is 3.12. The fraction of sp³-hybridized carbons (Fsp3) is 0.0952. The normalized spacial score (nSPS) is 9.79. The number of para-hydroxylation sites is 2. The Balaban J connectivity index is 0.000000245. The Morgan fingerprint density at radius 3 is 1.91 bits per heavy atom. The number of anilines is 2. The first-order valence-electron chi connectivity index (χ1n) is 9.27. The van der Waals surface area contributed by atoms with Gasteiger partial charge in [-0.1, -0.05) is 24.3 Å². The standard InChI is InChI=1S/C13H11N3O3.C8H7BrN2O3/c1-9(17)15-13-11(10-4-3-7-14-8-10)5-2-6-12(13)16(18)19;1-5(12)10-8-6(9)3-2-4-7(8)11(13)14/h2-8H,1H3,(H,15,17);2-4H,1H3,(H,10,12). The Bertz CT molecular complexity index is 1200. The van der Waals surface area contributed by atoms with E-state index < -0.39 is 9.85 Å². The molecule has 11 nitrogen and oxygen atoms in total. The second-order valence-electron chi connectivity index (χ2n) is 6.45. The maximum Gasteiger partial charge on any atom is 0.293 e. The van der Waals surface area contributed by atoms with E-state index in [1.54, 1.807) is 42.7 Å². The van der Waals surface area contributed by atoms with Crippen molar-refractivity contribution in [1.82, 2.24) is 4.98 Å². The molecule has 0 radical (unpaired) electrons. The molecule has 3 aromatic rings. The van der Waals surface area contributed by atoms with Gasteiger partial charge in [-0.2, -0.15) is 0 Å². The molecular weight excluding hydrogens is 498 g/mol. The van der Waals surface area contributed by atoms with E-state index in [0.29, 0.717) is 15.6 Å². The van der Waals surface area contributed by atoms with Gasteiger partial charge in [0.1, 0.15) is 11.4 Å². The summed E-state index contributed by atoms with van der Waals surface area (Å²) in [6.45, 7) is 2.60. The fourth-order valence-electron chi connectivity index (χ4n) is 2.73. The quantitative estimate of drug-likeness (QED) is 0.359. The van der Waals surface area contributed by atoms with E-state index in [-0.39, 0.29) is 34.6 Å². The molecule has 0 aliphatic rings. The van der Waals surface area contributed by atoms with Crippen molar-refractivity contribution in [2.75, 3.05) is 10.6 Å². The third kappa shape index (κ3) is 6.90. The third-order valence-electron chi connectivity index (χ3n) is 4.00.